The molecule has 1 saturated heterocycles. The number of ether oxygens (including phenoxy) is 3. The minimum atomic E-state index is -0.249. The zero-order valence-corrected chi connectivity index (χ0v) is 19.8. The molecule has 1 heterocycles. The standard InChI is InChI=1S/C25H30N2O4S/c1-5-29-22-16-17(15-20-23(28)27-24(32)26-20)7-12-21(22)31-14-6-13-30-19-10-8-18(9-11-19)25(2,3)4/h7-12,15-16H,5-6,13-14H2,1-4H3,(H2,26,27,28,32). The quantitative estimate of drug-likeness (QED) is 0.329. The molecule has 2 N–H and O–H groups in total. The average molecular weight is 455 g/mol. The van der Waals surface area contributed by atoms with E-state index in [0.29, 0.717) is 42.1 Å². The van der Waals surface area contributed by atoms with Gasteiger partial charge < -0.3 is 19.5 Å². The van der Waals surface area contributed by atoms with Crippen LogP contribution in [0.15, 0.2) is 48.2 Å². The maximum absolute atomic E-state index is 11.8. The maximum Gasteiger partial charge on any atom is 0.273 e. The highest BCUT2D eigenvalue weighted by Crippen LogP contribution is 2.30. The molecule has 2 aromatic carbocycles. The largest absolute Gasteiger partial charge is 0.493 e. The van der Waals surface area contributed by atoms with Gasteiger partial charge in [0.25, 0.3) is 5.91 Å². The molecule has 0 saturated carbocycles. The van der Waals surface area contributed by atoms with Gasteiger partial charge in [-0.3, -0.25) is 10.1 Å². The molecule has 6 nitrogen and oxygen atoms in total. The molecule has 0 aromatic heterocycles. The zero-order valence-electron chi connectivity index (χ0n) is 19.0. The molecule has 0 unspecified atom stereocenters. The van der Waals surface area contributed by atoms with Gasteiger partial charge in [0.1, 0.15) is 11.4 Å². The van der Waals surface area contributed by atoms with E-state index < -0.39 is 0 Å². The van der Waals surface area contributed by atoms with Crippen LogP contribution < -0.4 is 24.8 Å². The van der Waals surface area contributed by atoms with E-state index in [4.69, 9.17) is 26.4 Å². The summed E-state index contributed by atoms with van der Waals surface area (Å²) in [6.45, 7) is 10.1. The van der Waals surface area contributed by atoms with E-state index in [1.54, 1.807) is 6.08 Å². The van der Waals surface area contributed by atoms with Gasteiger partial charge in [0, 0.05) is 6.42 Å². The number of amides is 1. The summed E-state index contributed by atoms with van der Waals surface area (Å²) in [4.78, 5) is 11.8. The summed E-state index contributed by atoms with van der Waals surface area (Å²) < 4.78 is 17.5. The minimum absolute atomic E-state index is 0.128. The summed E-state index contributed by atoms with van der Waals surface area (Å²) >= 11 is 4.96. The Kier molecular flexibility index (Phi) is 7.75. The van der Waals surface area contributed by atoms with E-state index in [-0.39, 0.29) is 11.3 Å². The summed E-state index contributed by atoms with van der Waals surface area (Å²) in [5.41, 5.74) is 2.62. The van der Waals surface area contributed by atoms with E-state index in [0.717, 1.165) is 17.7 Å². The Morgan fingerprint density at radius 2 is 1.66 bits per heavy atom. The molecule has 1 amide bonds. The van der Waals surface area contributed by atoms with Crippen molar-refractivity contribution in [2.24, 2.45) is 0 Å². The SMILES string of the molecule is CCOc1cc(C=C2NC(=S)NC2=O)ccc1OCCCOc1ccc(C(C)(C)C)cc1. The molecule has 0 spiro atoms. The van der Waals surface area contributed by atoms with E-state index in [1.165, 1.54) is 5.56 Å². The molecule has 32 heavy (non-hydrogen) atoms. The second-order valence-corrected chi connectivity index (χ2v) is 8.84. The molecule has 1 aliphatic heterocycles. The van der Waals surface area contributed by atoms with Gasteiger partial charge in [0.05, 0.1) is 19.8 Å². The lowest BCUT2D eigenvalue weighted by molar-refractivity contribution is -0.115. The highest BCUT2D eigenvalue weighted by atomic mass is 32.1. The van der Waals surface area contributed by atoms with E-state index in [1.807, 2.05) is 37.3 Å². The third-order valence-electron chi connectivity index (χ3n) is 4.83. The minimum Gasteiger partial charge on any atom is -0.493 e. The van der Waals surface area contributed by atoms with Crippen molar-refractivity contribution in [3.05, 3.63) is 59.3 Å². The Morgan fingerprint density at radius 1 is 0.938 bits per heavy atom. The summed E-state index contributed by atoms with van der Waals surface area (Å²) in [6.07, 6.45) is 2.46. The summed E-state index contributed by atoms with van der Waals surface area (Å²) in [6, 6.07) is 13.8. The van der Waals surface area contributed by atoms with Gasteiger partial charge in [-0.05, 0) is 66.0 Å². The van der Waals surface area contributed by atoms with Crippen LogP contribution in [-0.4, -0.2) is 30.8 Å². The molecule has 1 fully saturated rings. The lowest BCUT2D eigenvalue weighted by Crippen LogP contribution is -2.21. The number of hydrogen-bond acceptors (Lipinski definition) is 5. The van der Waals surface area contributed by atoms with E-state index in [9.17, 15) is 4.79 Å². The van der Waals surface area contributed by atoms with Crippen LogP contribution in [0.4, 0.5) is 0 Å². The molecule has 1 aliphatic rings. The number of carbonyl (C=O) groups is 1. The predicted octanol–water partition coefficient (Wildman–Crippen LogP) is 4.58. The average Bonchev–Trinajstić information content (AvgIpc) is 3.05. The van der Waals surface area contributed by atoms with Crippen molar-refractivity contribution in [2.75, 3.05) is 19.8 Å². The topological polar surface area (TPSA) is 68.8 Å². The van der Waals surface area contributed by atoms with Gasteiger partial charge in [0.15, 0.2) is 16.6 Å². The fourth-order valence-corrected chi connectivity index (χ4v) is 3.34. The van der Waals surface area contributed by atoms with E-state index >= 15 is 0 Å². The first kappa shape index (κ1) is 23.6. The van der Waals surface area contributed by atoms with E-state index in [2.05, 4.69) is 43.5 Å². The molecule has 7 heteroatoms. The molecule has 0 atom stereocenters. The van der Waals surface area contributed by atoms with Gasteiger partial charge in [-0.2, -0.15) is 0 Å². The van der Waals surface area contributed by atoms with Crippen molar-refractivity contribution < 1.29 is 19.0 Å². The third-order valence-corrected chi connectivity index (χ3v) is 5.04. The fraction of sp³-hybridized carbons (Fsp3) is 0.360. The van der Waals surface area contributed by atoms with Crippen LogP contribution in [0.25, 0.3) is 6.08 Å². The number of nitrogens with one attached hydrogen (secondary N) is 2. The second-order valence-electron chi connectivity index (χ2n) is 8.43. The summed E-state index contributed by atoms with van der Waals surface area (Å²) in [7, 11) is 0. The molecular weight excluding hydrogens is 424 g/mol. The second kappa shape index (κ2) is 10.5. The first-order valence-electron chi connectivity index (χ1n) is 10.7. The molecule has 0 bridgehead atoms. The van der Waals surface area contributed by atoms with Crippen LogP contribution in [0.5, 0.6) is 17.2 Å². The van der Waals surface area contributed by atoms with Crippen molar-refractivity contribution >= 4 is 29.3 Å². The van der Waals surface area contributed by atoms with Crippen LogP contribution in [0, 0.1) is 0 Å². The van der Waals surface area contributed by atoms with Crippen LogP contribution in [0.2, 0.25) is 0 Å². The lowest BCUT2D eigenvalue weighted by atomic mass is 9.87. The van der Waals surface area contributed by atoms with Crippen LogP contribution in [0.3, 0.4) is 0 Å². The highest BCUT2D eigenvalue weighted by Gasteiger charge is 2.20. The van der Waals surface area contributed by atoms with Crippen LogP contribution >= 0.6 is 12.2 Å². The molecule has 2 aromatic rings. The zero-order chi connectivity index (χ0) is 23.1. The Hall–Kier alpha value is -3.06. The smallest absolute Gasteiger partial charge is 0.273 e. The first-order valence-corrected chi connectivity index (χ1v) is 11.1. The summed E-state index contributed by atoms with van der Waals surface area (Å²) in [5, 5.41) is 5.68. The van der Waals surface area contributed by atoms with Crippen molar-refractivity contribution in [3.8, 4) is 17.2 Å². The Morgan fingerprint density at radius 3 is 2.28 bits per heavy atom. The lowest BCUT2D eigenvalue weighted by Gasteiger charge is -2.19. The number of benzene rings is 2. The van der Waals surface area contributed by atoms with Gasteiger partial charge in [-0.25, -0.2) is 0 Å². The first-order chi connectivity index (χ1) is 15.3. The number of carbonyl (C=O) groups excluding carboxylic acids is 1. The third kappa shape index (κ3) is 6.47. The van der Waals surface area contributed by atoms with Gasteiger partial charge in [0.2, 0.25) is 0 Å². The van der Waals surface area contributed by atoms with Gasteiger partial charge >= 0.3 is 0 Å². The van der Waals surface area contributed by atoms with Crippen molar-refractivity contribution in [1.82, 2.24) is 10.6 Å². The van der Waals surface area contributed by atoms with Crippen LogP contribution in [0.1, 0.15) is 45.2 Å². The fourth-order valence-electron chi connectivity index (χ4n) is 3.13. The molecule has 170 valence electrons. The van der Waals surface area contributed by atoms with Crippen LogP contribution in [-0.2, 0) is 10.2 Å². The highest BCUT2D eigenvalue weighted by molar-refractivity contribution is 7.80. The Bertz CT molecular complexity index is 994. The summed E-state index contributed by atoms with van der Waals surface area (Å²) in [5.74, 6) is 1.89. The monoisotopic (exact) mass is 454 g/mol. The van der Waals surface area contributed by atoms with Crippen molar-refractivity contribution in [3.63, 3.8) is 0 Å². The number of hydrogen-bond donors (Lipinski definition) is 2. The number of thiocarbonyl (C=S) groups is 1. The predicted molar refractivity (Wildman–Crippen MR) is 130 cm³/mol. The molecule has 3 rings (SSSR count). The number of rotatable bonds is 9. The maximum atomic E-state index is 11.8. The molecular formula is C25H30N2O4S. The Labute approximate surface area is 194 Å². The van der Waals surface area contributed by atoms with Crippen molar-refractivity contribution in [2.45, 2.75) is 39.5 Å². The van der Waals surface area contributed by atoms with Gasteiger partial charge in [-0.1, -0.05) is 39.0 Å². The molecule has 0 aliphatic carbocycles. The van der Waals surface area contributed by atoms with Gasteiger partial charge in [-0.15, -0.1) is 0 Å². The molecule has 0 radical (unpaired) electrons. The van der Waals surface area contributed by atoms with Crippen molar-refractivity contribution in [1.29, 1.82) is 0 Å². The normalized spacial score (nSPS) is 14.8. The Balaban J connectivity index is 1.52.